The number of anilines is 1. The van der Waals surface area contributed by atoms with Crippen LogP contribution < -0.4 is 5.32 Å². The minimum absolute atomic E-state index is 0.0311. The van der Waals surface area contributed by atoms with Crippen molar-refractivity contribution in [3.05, 3.63) is 71.3 Å². The van der Waals surface area contributed by atoms with Crippen LogP contribution in [0.5, 0.6) is 0 Å². The fourth-order valence-corrected chi connectivity index (χ4v) is 3.41. The molecule has 154 valence electrons. The number of carbonyl (C=O) groups is 2. The zero-order valence-corrected chi connectivity index (χ0v) is 17.2. The maximum atomic E-state index is 12.4. The highest BCUT2D eigenvalue weighted by Crippen LogP contribution is 2.15. The van der Waals surface area contributed by atoms with E-state index in [4.69, 9.17) is 5.26 Å². The lowest BCUT2D eigenvalue weighted by molar-refractivity contribution is -0.127. The van der Waals surface area contributed by atoms with Crippen LogP contribution >= 0.6 is 0 Å². The van der Waals surface area contributed by atoms with Gasteiger partial charge in [-0.15, -0.1) is 0 Å². The van der Waals surface area contributed by atoms with Gasteiger partial charge in [-0.2, -0.15) is 5.26 Å². The summed E-state index contributed by atoms with van der Waals surface area (Å²) in [4.78, 5) is 28.7. The third kappa shape index (κ3) is 5.79. The molecule has 0 spiro atoms. The molecule has 1 aliphatic heterocycles. The molecule has 1 N–H and O–H groups in total. The fraction of sp³-hybridized carbons (Fsp3) is 0.292. The van der Waals surface area contributed by atoms with Gasteiger partial charge in [0.15, 0.2) is 0 Å². The van der Waals surface area contributed by atoms with Gasteiger partial charge in [-0.25, -0.2) is 0 Å². The molecule has 0 unspecified atom stereocenters. The summed E-state index contributed by atoms with van der Waals surface area (Å²) in [6.45, 7) is 4.90. The fourth-order valence-electron chi connectivity index (χ4n) is 3.41. The molecule has 0 atom stereocenters. The molecule has 2 aromatic carbocycles. The van der Waals surface area contributed by atoms with Crippen LogP contribution in [0, 0.1) is 11.3 Å². The van der Waals surface area contributed by atoms with Crippen molar-refractivity contribution in [3.8, 4) is 6.07 Å². The van der Waals surface area contributed by atoms with Gasteiger partial charge >= 0.3 is 0 Å². The highest BCUT2D eigenvalue weighted by atomic mass is 16.2. The summed E-state index contributed by atoms with van der Waals surface area (Å²) in [5.41, 5.74) is 3.46. The second-order valence-corrected chi connectivity index (χ2v) is 7.23. The molecule has 1 aliphatic rings. The quantitative estimate of drug-likeness (QED) is 0.754. The normalized spacial score (nSPS) is 14.5. The van der Waals surface area contributed by atoms with Crippen molar-refractivity contribution in [1.82, 2.24) is 9.80 Å². The lowest BCUT2D eigenvalue weighted by atomic mass is 10.1. The number of amides is 2. The lowest BCUT2D eigenvalue weighted by Crippen LogP contribution is -2.50. The predicted octanol–water partition coefficient (Wildman–Crippen LogP) is 2.92. The lowest BCUT2D eigenvalue weighted by Gasteiger charge is -2.33. The molecule has 1 saturated heterocycles. The smallest absolute Gasteiger partial charge is 0.246 e. The summed E-state index contributed by atoms with van der Waals surface area (Å²) in [5, 5.41) is 11.8. The maximum absolute atomic E-state index is 12.4. The molecule has 6 nitrogen and oxygen atoms in total. The Morgan fingerprint density at radius 3 is 2.43 bits per heavy atom. The number of aryl methyl sites for hydroxylation is 1. The first-order chi connectivity index (χ1) is 14.6. The first kappa shape index (κ1) is 21.3. The molecular formula is C24H26N4O2. The van der Waals surface area contributed by atoms with E-state index in [0.29, 0.717) is 38.3 Å². The van der Waals surface area contributed by atoms with Crippen LogP contribution in [-0.4, -0.2) is 54.3 Å². The number of carbonyl (C=O) groups excluding carboxylic acids is 2. The number of rotatable bonds is 6. The highest BCUT2D eigenvalue weighted by molar-refractivity contribution is 5.93. The van der Waals surface area contributed by atoms with Crippen LogP contribution in [0.3, 0.4) is 0 Å². The molecule has 6 heteroatoms. The Kier molecular flexibility index (Phi) is 7.36. The summed E-state index contributed by atoms with van der Waals surface area (Å²) >= 11 is 0. The van der Waals surface area contributed by atoms with E-state index in [1.165, 1.54) is 0 Å². The third-order valence-electron chi connectivity index (χ3n) is 5.18. The predicted molar refractivity (Wildman–Crippen MR) is 118 cm³/mol. The van der Waals surface area contributed by atoms with Crippen molar-refractivity contribution in [2.45, 2.75) is 13.3 Å². The molecule has 2 amide bonds. The Labute approximate surface area is 177 Å². The molecule has 1 heterocycles. The molecule has 3 rings (SSSR count). The van der Waals surface area contributed by atoms with Crippen LogP contribution in [0.25, 0.3) is 6.08 Å². The Morgan fingerprint density at radius 1 is 1.07 bits per heavy atom. The second kappa shape index (κ2) is 10.4. The molecule has 30 heavy (non-hydrogen) atoms. The largest absolute Gasteiger partial charge is 0.337 e. The van der Waals surface area contributed by atoms with Gasteiger partial charge in [0.05, 0.1) is 18.2 Å². The van der Waals surface area contributed by atoms with Gasteiger partial charge in [0.1, 0.15) is 0 Å². The van der Waals surface area contributed by atoms with Crippen LogP contribution in [0.15, 0.2) is 54.6 Å². The number of para-hydroxylation sites is 1. The minimum Gasteiger partial charge on any atom is -0.337 e. The topological polar surface area (TPSA) is 76.4 Å². The van der Waals surface area contributed by atoms with Crippen molar-refractivity contribution in [3.63, 3.8) is 0 Å². The Balaban J connectivity index is 1.45. The molecule has 0 radical (unpaired) electrons. The number of nitriles is 1. The monoisotopic (exact) mass is 402 g/mol. The first-order valence-corrected chi connectivity index (χ1v) is 10.2. The van der Waals surface area contributed by atoms with Crippen molar-refractivity contribution in [1.29, 1.82) is 5.26 Å². The number of nitrogens with zero attached hydrogens (tertiary/aromatic N) is 3. The van der Waals surface area contributed by atoms with Crippen LogP contribution in [0.4, 0.5) is 5.69 Å². The molecule has 0 aliphatic carbocycles. The summed E-state index contributed by atoms with van der Waals surface area (Å²) in [5.74, 6) is -0.0725. The summed E-state index contributed by atoms with van der Waals surface area (Å²) in [6.07, 6.45) is 4.19. The standard InChI is InChI=1S/C24H26N4O2/c1-2-21-5-3-4-6-22(21)26-23(29)18-27-13-15-28(16-14-27)24(30)12-11-19-7-9-20(17-25)10-8-19/h3-12H,2,13-16,18H2,1H3,(H,26,29)/b12-11+. The van der Waals surface area contributed by atoms with Crippen LogP contribution in [-0.2, 0) is 16.0 Å². The average molecular weight is 402 g/mol. The Bertz CT molecular complexity index is 952. The average Bonchev–Trinajstić information content (AvgIpc) is 2.78. The molecular weight excluding hydrogens is 376 g/mol. The van der Waals surface area contributed by atoms with Crippen molar-refractivity contribution < 1.29 is 9.59 Å². The number of hydrogen-bond donors (Lipinski definition) is 1. The van der Waals surface area contributed by atoms with Crippen LogP contribution in [0.1, 0.15) is 23.6 Å². The van der Waals surface area contributed by atoms with Crippen molar-refractivity contribution in [2.75, 3.05) is 38.0 Å². The van der Waals surface area contributed by atoms with Gasteiger partial charge in [-0.05, 0) is 41.8 Å². The van der Waals surface area contributed by atoms with E-state index in [9.17, 15) is 9.59 Å². The van der Waals surface area contributed by atoms with Gasteiger partial charge in [-0.3, -0.25) is 14.5 Å². The minimum atomic E-state index is -0.0414. The van der Waals surface area contributed by atoms with Gasteiger partial charge in [0.25, 0.3) is 0 Å². The Morgan fingerprint density at radius 2 is 1.77 bits per heavy atom. The van der Waals surface area contributed by atoms with E-state index in [1.807, 2.05) is 36.4 Å². The van der Waals surface area contributed by atoms with E-state index in [0.717, 1.165) is 23.2 Å². The molecule has 0 bridgehead atoms. The van der Waals surface area contributed by atoms with Gasteiger partial charge in [0.2, 0.25) is 11.8 Å². The van der Waals surface area contributed by atoms with Gasteiger partial charge in [-0.1, -0.05) is 37.3 Å². The molecule has 0 aromatic heterocycles. The number of nitrogens with one attached hydrogen (secondary N) is 1. The number of piperazine rings is 1. The Hall–Kier alpha value is -3.43. The van der Waals surface area contributed by atoms with Crippen LogP contribution in [0.2, 0.25) is 0 Å². The van der Waals surface area contributed by atoms with Crippen molar-refractivity contribution in [2.24, 2.45) is 0 Å². The number of benzene rings is 2. The van der Waals surface area contributed by atoms with Gasteiger partial charge in [0, 0.05) is 37.9 Å². The number of hydrogen-bond acceptors (Lipinski definition) is 4. The van der Waals surface area contributed by atoms with E-state index in [1.54, 1.807) is 29.2 Å². The zero-order valence-electron chi connectivity index (χ0n) is 17.2. The summed E-state index contributed by atoms with van der Waals surface area (Å²) < 4.78 is 0. The second-order valence-electron chi connectivity index (χ2n) is 7.23. The molecule has 0 saturated carbocycles. The summed E-state index contributed by atoms with van der Waals surface area (Å²) in [7, 11) is 0. The van der Waals surface area contributed by atoms with E-state index in [-0.39, 0.29) is 11.8 Å². The third-order valence-corrected chi connectivity index (χ3v) is 5.18. The maximum Gasteiger partial charge on any atom is 0.246 e. The van der Waals surface area contributed by atoms with E-state index < -0.39 is 0 Å². The zero-order chi connectivity index (χ0) is 21.3. The molecule has 2 aromatic rings. The van der Waals surface area contributed by atoms with Crippen molar-refractivity contribution >= 4 is 23.6 Å². The SMILES string of the molecule is CCc1ccccc1NC(=O)CN1CCN(C(=O)/C=C/c2ccc(C#N)cc2)CC1. The highest BCUT2D eigenvalue weighted by Gasteiger charge is 2.21. The van der Waals surface area contributed by atoms with E-state index in [2.05, 4.69) is 23.2 Å². The first-order valence-electron chi connectivity index (χ1n) is 10.2. The summed E-state index contributed by atoms with van der Waals surface area (Å²) in [6, 6.07) is 17.0. The van der Waals surface area contributed by atoms with E-state index >= 15 is 0 Å². The van der Waals surface area contributed by atoms with Gasteiger partial charge < -0.3 is 10.2 Å². The molecule has 1 fully saturated rings.